The lowest BCUT2D eigenvalue weighted by Gasteiger charge is -2.21. The number of ether oxygens (including phenoxy) is 1. The summed E-state index contributed by atoms with van der Waals surface area (Å²) < 4.78 is 5.10. The number of hydrogen-bond acceptors (Lipinski definition) is 2. The number of hydrogen-bond donors (Lipinski definition) is 0. The Bertz CT molecular complexity index is 394. The van der Waals surface area contributed by atoms with Gasteiger partial charge in [0.1, 0.15) is 6.61 Å². The number of alkyl halides is 1. The zero-order valence-electron chi connectivity index (χ0n) is 8.86. The summed E-state index contributed by atoms with van der Waals surface area (Å²) in [7, 11) is 0. The molecule has 0 N–H and O–H groups in total. The van der Waals surface area contributed by atoms with Crippen LogP contribution in [0.15, 0.2) is 24.3 Å². The molecule has 1 aliphatic rings. The second-order valence-electron chi connectivity index (χ2n) is 3.66. The molecule has 1 radical (unpaired) electrons. The molecule has 1 aromatic carbocycles. The largest absolute Gasteiger partial charge is 0.448 e. The number of anilines is 1. The summed E-state index contributed by atoms with van der Waals surface area (Å²) in [5.41, 5.74) is 2.07. The normalized spacial score (nSPS) is 18.4. The SMILES string of the molecule is [CH2][C@H]1Cc2ccccc2N1C(=O)OCCBr. The fraction of sp³-hybridized carbons (Fsp3) is 0.333. The predicted molar refractivity (Wildman–Crippen MR) is 66.9 cm³/mol. The van der Waals surface area contributed by atoms with Gasteiger partial charge in [0.2, 0.25) is 0 Å². The Balaban J connectivity index is 2.18. The molecule has 1 amide bonds. The minimum Gasteiger partial charge on any atom is -0.448 e. The molecule has 1 heterocycles. The van der Waals surface area contributed by atoms with Crippen molar-refractivity contribution in [2.24, 2.45) is 0 Å². The minimum atomic E-state index is -0.315. The number of carbonyl (C=O) groups excluding carboxylic acids is 1. The summed E-state index contributed by atoms with van der Waals surface area (Å²) in [6, 6.07) is 7.77. The van der Waals surface area contributed by atoms with Crippen molar-refractivity contribution in [1.82, 2.24) is 0 Å². The third-order valence-electron chi connectivity index (χ3n) is 2.57. The lowest BCUT2D eigenvalue weighted by molar-refractivity contribution is 0.160. The van der Waals surface area contributed by atoms with Crippen LogP contribution in [0.3, 0.4) is 0 Å². The van der Waals surface area contributed by atoms with Crippen LogP contribution in [-0.4, -0.2) is 24.1 Å². The first-order valence-electron chi connectivity index (χ1n) is 5.17. The molecule has 0 saturated heterocycles. The highest BCUT2D eigenvalue weighted by Crippen LogP contribution is 2.31. The van der Waals surface area contributed by atoms with Crippen molar-refractivity contribution in [2.75, 3.05) is 16.8 Å². The second-order valence-corrected chi connectivity index (χ2v) is 4.45. The van der Waals surface area contributed by atoms with Crippen LogP contribution in [0.1, 0.15) is 5.56 Å². The molecular formula is C12H13BrNO2. The summed E-state index contributed by atoms with van der Waals surface area (Å²) >= 11 is 3.22. The first kappa shape index (κ1) is 11.5. The maximum Gasteiger partial charge on any atom is 0.414 e. The first-order chi connectivity index (χ1) is 7.74. The fourth-order valence-electron chi connectivity index (χ4n) is 1.90. The Kier molecular flexibility index (Phi) is 3.49. The topological polar surface area (TPSA) is 29.5 Å². The molecule has 3 nitrogen and oxygen atoms in total. The number of rotatable bonds is 2. The summed E-state index contributed by atoms with van der Waals surface area (Å²) in [5.74, 6) is 0. The Morgan fingerprint density at radius 1 is 1.56 bits per heavy atom. The minimum absolute atomic E-state index is 0.0692. The van der Waals surface area contributed by atoms with Gasteiger partial charge in [-0.1, -0.05) is 34.1 Å². The Morgan fingerprint density at radius 3 is 3.06 bits per heavy atom. The maximum atomic E-state index is 11.8. The average molecular weight is 283 g/mol. The molecule has 0 spiro atoms. The molecule has 16 heavy (non-hydrogen) atoms. The van der Waals surface area contributed by atoms with Crippen molar-refractivity contribution < 1.29 is 9.53 Å². The van der Waals surface area contributed by atoms with Crippen molar-refractivity contribution in [2.45, 2.75) is 12.5 Å². The Morgan fingerprint density at radius 2 is 2.31 bits per heavy atom. The lowest BCUT2D eigenvalue weighted by Crippen LogP contribution is -2.36. The number of fused-ring (bicyclic) bond motifs is 1. The van der Waals surface area contributed by atoms with Gasteiger partial charge in [0.05, 0.1) is 5.69 Å². The van der Waals surface area contributed by atoms with Crippen LogP contribution in [0.2, 0.25) is 0 Å². The van der Waals surface area contributed by atoms with Gasteiger partial charge in [-0.3, -0.25) is 4.90 Å². The molecular weight excluding hydrogens is 270 g/mol. The molecule has 0 aromatic heterocycles. The number of benzene rings is 1. The Labute approximate surface area is 104 Å². The van der Waals surface area contributed by atoms with Gasteiger partial charge in [-0.25, -0.2) is 4.79 Å². The van der Waals surface area contributed by atoms with Crippen molar-refractivity contribution in [3.05, 3.63) is 36.8 Å². The van der Waals surface area contributed by atoms with Gasteiger partial charge in [-0.15, -0.1) is 0 Å². The van der Waals surface area contributed by atoms with Gasteiger partial charge >= 0.3 is 6.09 Å². The number of carbonyl (C=O) groups is 1. The molecule has 1 atom stereocenters. The van der Waals surface area contributed by atoms with Crippen molar-refractivity contribution >= 4 is 27.7 Å². The summed E-state index contributed by atoms with van der Waals surface area (Å²) in [6.07, 6.45) is 0.476. The summed E-state index contributed by atoms with van der Waals surface area (Å²) in [5, 5.41) is 0.649. The second kappa shape index (κ2) is 4.87. The zero-order chi connectivity index (χ0) is 11.5. The lowest BCUT2D eigenvalue weighted by atomic mass is 10.1. The van der Waals surface area contributed by atoms with Crippen molar-refractivity contribution in [1.29, 1.82) is 0 Å². The van der Waals surface area contributed by atoms with Gasteiger partial charge in [0.15, 0.2) is 0 Å². The van der Waals surface area contributed by atoms with E-state index < -0.39 is 0 Å². The molecule has 2 rings (SSSR count). The first-order valence-corrected chi connectivity index (χ1v) is 6.29. The smallest absolute Gasteiger partial charge is 0.414 e. The number of para-hydroxylation sites is 1. The maximum absolute atomic E-state index is 11.8. The molecule has 0 aliphatic carbocycles. The fourth-order valence-corrected chi connectivity index (χ4v) is 2.07. The van der Waals surface area contributed by atoms with E-state index in [0.717, 1.165) is 17.7 Å². The van der Waals surface area contributed by atoms with Crippen LogP contribution >= 0.6 is 15.9 Å². The van der Waals surface area contributed by atoms with E-state index in [2.05, 4.69) is 22.9 Å². The predicted octanol–water partition coefficient (Wildman–Crippen LogP) is 2.78. The molecule has 0 fully saturated rings. The highest BCUT2D eigenvalue weighted by molar-refractivity contribution is 9.09. The van der Waals surface area contributed by atoms with E-state index in [-0.39, 0.29) is 12.1 Å². The van der Waals surface area contributed by atoms with Crippen LogP contribution in [0, 0.1) is 6.92 Å². The highest BCUT2D eigenvalue weighted by Gasteiger charge is 2.31. The van der Waals surface area contributed by atoms with E-state index in [0.29, 0.717) is 11.9 Å². The van der Waals surface area contributed by atoms with E-state index in [1.165, 1.54) is 0 Å². The molecule has 85 valence electrons. The van der Waals surface area contributed by atoms with Crippen LogP contribution in [0.5, 0.6) is 0 Å². The molecule has 4 heteroatoms. The van der Waals surface area contributed by atoms with E-state index >= 15 is 0 Å². The van der Waals surface area contributed by atoms with E-state index in [1.807, 2.05) is 24.3 Å². The molecule has 0 saturated carbocycles. The number of halogens is 1. The van der Waals surface area contributed by atoms with Crippen molar-refractivity contribution in [3.63, 3.8) is 0 Å². The highest BCUT2D eigenvalue weighted by atomic mass is 79.9. The molecule has 1 aliphatic heterocycles. The quantitative estimate of drug-likeness (QED) is 0.781. The van der Waals surface area contributed by atoms with Crippen LogP contribution in [0.4, 0.5) is 10.5 Å². The van der Waals surface area contributed by atoms with Gasteiger partial charge in [-0.2, -0.15) is 0 Å². The van der Waals surface area contributed by atoms with Crippen LogP contribution < -0.4 is 4.90 Å². The summed E-state index contributed by atoms with van der Waals surface area (Å²) in [6.45, 7) is 4.36. The monoisotopic (exact) mass is 282 g/mol. The third kappa shape index (κ3) is 2.07. The van der Waals surface area contributed by atoms with Gasteiger partial charge in [-0.05, 0) is 25.0 Å². The van der Waals surface area contributed by atoms with Gasteiger partial charge in [0, 0.05) is 11.4 Å². The number of nitrogens with zero attached hydrogens (tertiary/aromatic N) is 1. The van der Waals surface area contributed by atoms with Crippen molar-refractivity contribution in [3.8, 4) is 0 Å². The summed E-state index contributed by atoms with van der Waals surface area (Å²) in [4.78, 5) is 13.4. The van der Waals surface area contributed by atoms with E-state index in [9.17, 15) is 4.79 Å². The van der Waals surface area contributed by atoms with Gasteiger partial charge in [0.25, 0.3) is 0 Å². The molecule has 1 aromatic rings. The van der Waals surface area contributed by atoms with Gasteiger partial charge < -0.3 is 4.74 Å². The molecule has 0 unspecified atom stereocenters. The zero-order valence-corrected chi connectivity index (χ0v) is 10.4. The van der Waals surface area contributed by atoms with E-state index in [4.69, 9.17) is 4.74 Å². The van der Waals surface area contributed by atoms with Crippen LogP contribution in [-0.2, 0) is 11.2 Å². The molecule has 0 bridgehead atoms. The van der Waals surface area contributed by atoms with E-state index in [1.54, 1.807) is 4.90 Å². The standard InChI is InChI=1S/C12H13BrNO2/c1-9-8-10-4-2-3-5-11(10)14(9)12(15)16-7-6-13/h2-5,9H,1,6-8H2/t9-/m0/s1. The Hall–Kier alpha value is -1.03. The van der Waals surface area contributed by atoms with Crippen LogP contribution in [0.25, 0.3) is 0 Å². The third-order valence-corrected chi connectivity index (χ3v) is 2.89. The number of amides is 1. The average Bonchev–Trinajstić information content (AvgIpc) is 2.62.